The van der Waals surface area contributed by atoms with Crippen LogP contribution in [0.2, 0.25) is 5.02 Å². The molecule has 0 aromatic heterocycles. The Morgan fingerprint density at radius 3 is 2.52 bits per heavy atom. The van der Waals surface area contributed by atoms with Gasteiger partial charge in [-0.3, -0.25) is 4.90 Å². The highest BCUT2D eigenvalue weighted by Crippen LogP contribution is 2.17. The quantitative estimate of drug-likeness (QED) is 0.928. The second-order valence-electron chi connectivity index (χ2n) is 5.93. The Labute approximate surface area is 132 Å². The van der Waals surface area contributed by atoms with Gasteiger partial charge in [-0.15, -0.1) is 0 Å². The molecule has 1 saturated heterocycles. The largest absolute Gasteiger partial charge is 0.338 e. The van der Waals surface area contributed by atoms with Gasteiger partial charge < -0.3 is 10.2 Å². The molecule has 0 saturated carbocycles. The molecule has 0 unspecified atom stereocenters. The van der Waals surface area contributed by atoms with E-state index < -0.39 is 0 Å². The second-order valence-corrected chi connectivity index (χ2v) is 6.34. The third-order valence-corrected chi connectivity index (χ3v) is 4.04. The summed E-state index contributed by atoms with van der Waals surface area (Å²) in [7, 11) is 0. The molecule has 0 aliphatic carbocycles. The fraction of sp³-hybridized carbons (Fsp3) is 0.562. The van der Waals surface area contributed by atoms with E-state index in [0.717, 1.165) is 49.9 Å². The SMILES string of the molecule is CC(C)CNC(=O)N1CCN(Cc2ccccc2Cl)CC1. The zero-order valence-electron chi connectivity index (χ0n) is 12.8. The number of amides is 2. The van der Waals surface area contributed by atoms with E-state index in [9.17, 15) is 4.79 Å². The van der Waals surface area contributed by atoms with Gasteiger partial charge in [-0.2, -0.15) is 0 Å². The second kappa shape index (κ2) is 7.66. The maximum absolute atomic E-state index is 12.0. The summed E-state index contributed by atoms with van der Waals surface area (Å²) in [6, 6.07) is 8.00. The minimum atomic E-state index is 0.0566. The van der Waals surface area contributed by atoms with Crippen molar-refractivity contribution in [3.8, 4) is 0 Å². The third kappa shape index (κ3) is 4.90. The summed E-state index contributed by atoms with van der Waals surface area (Å²) in [5.74, 6) is 0.482. The Hall–Kier alpha value is -1.26. The molecule has 4 nitrogen and oxygen atoms in total. The van der Waals surface area contributed by atoms with E-state index in [1.54, 1.807) is 0 Å². The van der Waals surface area contributed by atoms with Crippen molar-refractivity contribution in [2.24, 2.45) is 5.92 Å². The lowest BCUT2D eigenvalue weighted by molar-refractivity contribution is 0.135. The minimum Gasteiger partial charge on any atom is -0.338 e. The van der Waals surface area contributed by atoms with Crippen molar-refractivity contribution in [1.29, 1.82) is 0 Å². The lowest BCUT2D eigenvalue weighted by atomic mass is 10.2. The summed E-state index contributed by atoms with van der Waals surface area (Å²) >= 11 is 6.19. The van der Waals surface area contributed by atoms with Crippen molar-refractivity contribution in [3.63, 3.8) is 0 Å². The molecule has 21 heavy (non-hydrogen) atoms. The normalized spacial score (nSPS) is 16.3. The van der Waals surface area contributed by atoms with Crippen molar-refractivity contribution >= 4 is 17.6 Å². The Morgan fingerprint density at radius 2 is 1.90 bits per heavy atom. The Bertz CT molecular complexity index is 470. The molecule has 1 heterocycles. The first kappa shape index (κ1) is 16.1. The van der Waals surface area contributed by atoms with Gasteiger partial charge in [-0.05, 0) is 17.5 Å². The van der Waals surface area contributed by atoms with Crippen LogP contribution in [0.5, 0.6) is 0 Å². The molecule has 1 fully saturated rings. The number of piperazine rings is 1. The molecule has 0 radical (unpaired) electrons. The van der Waals surface area contributed by atoms with Crippen LogP contribution < -0.4 is 5.32 Å². The number of carbonyl (C=O) groups excluding carboxylic acids is 1. The van der Waals surface area contributed by atoms with Gasteiger partial charge in [0.2, 0.25) is 0 Å². The highest BCUT2D eigenvalue weighted by atomic mass is 35.5. The molecule has 1 aliphatic rings. The average Bonchev–Trinajstić information content (AvgIpc) is 2.48. The van der Waals surface area contributed by atoms with Crippen LogP contribution in [-0.2, 0) is 6.54 Å². The van der Waals surface area contributed by atoms with Crippen molar-refractivity contribution in [2.45, 2.75) is 20.4 Å². The smallest absolute Gasteiger partial charge is 0.317 e. The fourth-order valence-electron chi connectivity index (χ4n) is 2.38. The number of halogens is 1. The van der Waals surface area contributed by atoms with Gasteiger partial charge in [0.05, 0.1) is 0 Å². The van der Waals surface area contributed by atoms with E-state index in [2.05, 4.69) is 30.1 Å². The molecule has 2 amide bonds. The van der Waals surface area contributed by atoms with Crippen LogP contribution >= 0.6 is 11.6 Å². The van der Waals surface area contributed by atoms with E-state index in [-0.39, 0.29) is 6.03 Å². The van der Waals surface area contributed by atoms with Crippen LogP contribution in [0, 0.1) is 5.92 Å². The molecule has 5 heteroatoms. The van der Waals surface area contributed by atoms with Crippen LogP contribution in [0.3, 0.4) is 0 Å². The number of carbonyl (C=O) groups is 1. The molecule has 0 bridgehead atoms. The first-order valence-electron chi connectivity index (χ1n) is 7.55. The predicted octanol–water partition coefficient (Wildman–Crippen LogP) is 2.82. The number of hydrogen-bond acceptors (Lipinski definition) is 2. The molecule has 116 valence electrons. The fourth-order valence-corrected chi connectivity index (χ4v) is 2.58. The summed E-state index contributed by atoms with van der Waals surface area (Å²) in [6.45, 7) is 9.10. The first-order valence-corrected chi connectivity index (χ1v) is 7.92. The Kier molecular flexibility index (Phi) is 5.88. The van der Waals surface area contributed by atoms with Crippen molar-refractivity contribution < 1.29 is 4.79 Å². The standard InChI is InChI=1S/C16H24ClN3O/c1-13(2)11-18-16(21)20-9-7-19(8-10-20)12-14-5-3-4-6-15(14)17/h3-6,13H,7-12H2,1-2H3,(H,18,21). The summed E-state index contributed by atoms with van der Waals surface area (Å²) in [5.41, 5.74) is 1.15. The average molecular weight is 310 g/mol. The highest BCUT2D eigenvalue weighted by Gasteiger charge is 2.21. The lowest BCUT2D eigenvalue weighted by Crippen LogP contribution is -2.51. The van der Waals surface area contributed by atoms with Crippen LogP contribution in [0.1, 0.15) is 19.4 Å². The van der Waals surface area contributed by atoms with E-state index in [4.69, 9.17) is 11.6 Å². The molecular weight excluding hydrogens is 286 g/mol. The summed E-state index contributed by atoms with van der Waals surface area (Å²) in [4.78, 5) is 16.2. The number of nitrogens with one attached hydrogen (secondary N) is 1. The molecule has 1 aromatic carbocycles. The summed E-state index contributed by atoms with van der Waals surface area (Å²) in [5, 5.41) is 3.79. The van der Waals surface area contributed by atoms with E-state index in [1.807, 2.05) is 23.1 Å². The Balaban J connectivity index is 1.78. The maximum atomic E-state index is 12.0. The number of hydrogen-bond donors (Lipinski definition) is 1. The maximum Gasteiger partial charge on any atom is 0.317 e. The van der Waals surface area contributed by atoms with Crippen molar-refractivity contribution in [2.75, 3.05) is 32.7 Å². The van der Waals surface area contributed by atoms with Gasteiger partial charge in [0, 0.05) is 44.3 Å². The van der Waals surface area contributed by atoms with Crippen LogP contribution in [0.25, 0.3) is 0 Å². The summed E-state index contributed by atoms with van der Waals surface area (Å²) < 4.78 is 0. The number of benzene rings is 1. The molecule has 1 aliphatic heterocycles. The third-order valence-electron chi connectivity index (χ3n) is 3.67. The molecule has 1 N–H and O–H groups in total. The minimum absolute atomic E-state index is 0.0566. The number of urea groups is 1. The van der Waals surface area contributed by atoms with Gasteiger partial charge >= 0.3 is 6.03 Å². The molecular formula is C16H24ClN3O. The Morgan fingerprint density at radius 1 is 1.24 bits per heavy atom. The number of rotatable bonds is 4. The predicted molar refractivity (Wildman–Crippen MR) is 86.5 cm³/mol. The van der Waals surface area contributed by atoms with Gasteiger partial charge in [0.15, 0.2) is 0 Å². The van der Waals surface area contributed by atoms with Crippen molar-refractivity contribution in [3.05, 3.63) is 34.9 Å². The van der Waals surface area contributed by atoms with Gasteiger partial charge in [-0.25, -0.2) is 4.79 Å². The van der Waals surface area contributed by atoms with Crippen LogP contribution in [0.4, 0.5) is 4.79 Å². The zero-order valence-corrected chi connectivity index (χ0v) is 13.6. The van der Waals surface area contributed by atoms with E-state index >= 15 is 0 Å². The van der Waals surface area contributed by atoms with E-state index in [1.165, 1.54) is 0 Å². The molecule has 0 spiro atoms. The molecule has 1 aromatic rings. The lowest BCUT2D eigenvalue weighted by Gasteiger charge is -2.35. The van der Waals surface area contributed by atoms with Gasteiger partial charge in [0.25, 0.3) is 0 Å². The monoisotopic (exact) mass is 309 g/mol. The van der Waals surface area contributed by atoms with E-state index in [0.29, 0.717) is 5.92 Å². The number of nitrogens with zero attached hydrogens (tertiary/aromatic N) is 2. The van der Waals surface area contributed by atoms with Crippen LogP contribution in [-0.4, -0.2) is 48.6 Å². The van der Waals surface area contributed by atoms with Gasteiger partial charge in [-0.1, -0.05) is 43.6 Å². The van der Waals surface area contributed by atoms with Crippen LogP contribution in [0.15, 0.2) is 24.3 Å². The topological polar surface area (TPSA) is 35.6 Å². The zero-order chi connectivity index (χ0) is 15.2. The van der Waals surface area contributed by atoms with Crippen molar-refractivity contribution in [1.82, 2.24) is 15.1 Å². The highest BCUT2D eigenvalue weighted by molar-refractivity contribution is 6.31. The first-order chi connectivity index (χ1) is 10.1. The van der Waals surface area contributed by atoms with Gasteiger partial charge in [0.1, 0.15) is 0 Å². The summed E-state index contributed by atoms with van der Waals surface area (Å²) in [6.07, 6.45) is 0. The molecule has 0 atom stereocenters. The molecule has 2 rings (SSSR count).